The van der Waals surface area contributed by atoms with Gasteiger partial charge in [0.2, 0.25) is 11.8 Å². The molecule has 1 heterocycles. The van der Waals surface area contributed by atoms with Crippen molar-refractivity contribution < 1.29 is 14.4 Å². The van der Waals surface area contributed by atoms with Crippen molar-refractivity contribution in [3.63, 3.8) is 0 Å². The highest BCUT2D eigenvalue weighted by atomic mass is 16.2. The maximum atomic E-state index is 13.4. The van der Waals surface area contributed by atoms with Gasteiger partial charge in [0.25, 0.3) is 5.91 Å². The number of hydrogen-bond acceptors (Lipinski definition) is 3. The zero-order valence-corrected chi connectivity index (χ0v) is 18.1. The van der Waals surface area contributed by atoms with Crippen LogP contribution in [0.4, 0.5) is 0 Å². The molecule has 0 radical (unpaired) electrons. The lowest BCUT2D eigenvalue weighted by Crippen LogP contribution is -2.52. The Kier molecular flexibility index (Phi) is 6.90. The Hall–Kier alpha value is -3.41. The Morgan fingerprint density at radius 2 is 1.65 bits per heavy atom. The first-order valence-electron chi connectivity index (χ1n) is 10.4. The average molecular weight is 420 g/mol. The van der Waals surface area contributed by atoms with Gasteiger partial charge in [0, 0.05) is 39.3 Å². The van der Waals surface area contributed by atoms with Gasteiger partial charge in [-0.3, -0.25) is 14.4 Å². The van der Waals surface area contributed by atoms with Gasteiger partial charge in [-0.2, -0.15) is 0 Å². The molecule has 1 aliphatic heterocycles. The topological polar surface area (TPSA) is 69.7 Å². The first-order valence-corrected chi connectivity index (χ1v) is 10.4. The van der Waals surface area contributed by atoms with E-state index in [0.29, 0.717) is 38.0 Å². The van der Waals surface area contributed by atoms with Crippen molar-refractivity contribution in [3.8, 4) is 0 Å². The molecule has 0 spiro atoms. The van der Waals surface area contributed by atoms with Gasteiger partial charge in [-0.25, -0.2) is 0 Å². The Balaban J connectivity index is 1.73. The van der Waals surface area contributed by atoms with Crippen molar-refractivity contribution >= 4 is 17.7 Å². The molecule has 0 saturated carbocycles. The van der Waals surface area contributed by atoms with Crippen LogP contribution in [0.2, 0.25) is 0 Å². The van der Waals surface area contributed by atoms with Crippen molar-refractivity contribution in [2.75, 3.05) is 27.2 Å². The molecule has 0 bridgehead atoms. The van der Waals surface area contributed by atoms with E-state index in [9.17, 15) is 14.4 Å². The number of benzene rings is 2. The molecule has 3 amide bonds. The summed E-state index contributed by atoms with van der Waals surface area (Å²) < 4.78 is 0. The number of amides is 3. The fraction of sp³-hybridized carbons (Fsp3) is 0.320. The zero-order chi connectivity index (χ0) is 22.4. The lowest BCUT2D eigenvalue weighted by atomic mass is 9.72. The first-order chi connectivity index (χ1) is 14.9. The molecule has 2 aromatic rings. The van der Waals surface area contributed by atoms with Gasteiger partial charge in [0.05, 0.1) is 5.41 Å². The first kappa shape index (κ1) is 22.3. The van der Waals surface area contributed by atoms with Gasteiger partial charge < -0.3 is 15.1 Å². The van der Waals surface area contributed by atoms with Crippen LogP contribution in [-0.2, 0) is 21.5 Å². The predicted molar refractivity (Wildman–Crippen MR) is 120 cm³/mol. The number of carbonyl (C=O) groups is 3. The molecule has 1 fully saturated rings. The quantitative estimate of drug-likeness (QED) is 0.732. The number of rotatable bonds is 6. The van der Waals surface area contributed by atoms with Crippen molar-refractivity contribution in [3.05, 3.63) is 83.9 Å². The number of likely N-dealkylation sites (tertiary alicyclic amines) is 1. The molecule has 6 nitrogen and oxygen atoms in total. The molecule has 0 unspecified atom stereocenters. The van der Waals surface area contributed by atoms with Gasteiger partial charge in [0.1, 0.15) is 0 Å². The van der Waals surface area contributed by atoms with E-state index < -0.39 is 5.41 Å². The predicted octanol–water partition coefficient (Wildman–Crippen LogP) is 2.75. The molecule has 3 rings (SSSR count). The highest BCUT2D eigenvalue weighted by Crippen LogP contribution is 2.36. The van der Waals surface area contributed by atoms with E-state index in [1.54, 1.807) is 31.1 Å². The SMILES string of the molecule is C=CC(=O)N1CCC(C(=O)NCc2ccc(C(=O)N(C)C)cc2)(c2ccccc2)CC1. The fourth-order valence-electron chi connectivity index (χ4n) is 4.02. The minimum absolute atomic E-state index is 0.0437. The fourth-order valence-corrected chi connectivity index (χ4v) is 4.02. The number of nitrogens with one attached hydrogen (secondary N) is 1. The zero-order valence-electron chi connectivity index (χ0n) is 18.1. The molecule has 31 heavy (non-hydrogen) atoms. The summed E-state index contributed by atoms with van der Waals surface area (Å²) in [6.45, 7) is 4.95. The van der Waals surface area contributed by atoms with E-state index in [2.05, 4.69) is 11.9 Å². The number of hydrogen-bond donors (Lipinski definition) is 1. The molecule has 0 atom stereocenters. The van der Waals surface area contributed by atoms with E-state index in [1.165, 1.54) is 11.0 Å². The van der Waals surface area contributed by atoms with E-state index in [0.717, 1.165) is 11.1 Å². The summed E-state index contributed by atoms with van der Waals surface area (Å²) in [5, 5.41) is 3.08. The summed E-state index contributed by atoms with van der Waals surface area (Å²) in [6, 6.07) is 17.0. The molecular weight excluding hydrogens is 390 g/mol. The van der Waals surface area contributed by atoms with Crippen LogP contribution in [0.5, 0.6) is 0 Å². The molecule has 2 aromatic carbocycles. The normalized spacial score (nSPS) is 15.1. The van der Waals surface area contributed by atoms with Crippen molar-refractivity contribution in [2.45, 2.75) is 24.8 Å². The second kappa shape index (κ2) is 9.60. The summed E-state index contributed by atoms with van der Waals surface area (Å²) in [5.74, 6) is -0.202. The van der Waals surface area contributed by atoms with E-state index in [4.69, 9.17) is 0 Å². The Morgan fingerprint density at radius 3 is 2.19 bits per heavy atom. The van der Waals surface area contributed by atoms with Crippen LogP contribution in [0, 0.1) is 0 Å². The molecule has 0 aliphatic carbocycles. The standard InChI is InChI=1S/C25H29N3O3/c1-4-22(29)28-16-14-25(15-17-28,21-8-6-5-7-9-21)24(31)26-18-19-10-12-20(13-11-19)23(30)27(2)3/h4-13H,1,14-18H2,2-3H3,(H,26,31). The molecule has 1 N–H and O–H groups in total. The summed E-state index contributed by atoms with van der Waals surface area (Å²) in [4.78, 5) is 40.7. The second-order valence-electron chi connectivity index (χ2n) is 8.06. The van der Waals surface area contributed by atoms with Crippen LogP contribution in [0.15, 0.2) is 67.3 Å². The van der Waals surface area contributed by atoms with Gasteiger partial charge in [-0.05, 0) is 42.2 Å². The molecule has 0 aromatic heterocycles. The van der Waals surface area contributed by atoms with Crippen LogP contribution >= 0.6 is 0 Å². The van der Waals surface area contributed by atoms with Crippen LogP contribution in [0.3, 0.4) is 0 Å². The Morgan fingerprint density at radius 1 is 1.03 bits per heavy atom. The Bertz CT molecular complexity index is 944. The summed E-state index contributed by atoms with van der Waals surface area (Å²) >= 11 is 0. The average Bonchev–Trinajstić information content (AvgIpc) is 2.82. The van der Waals surface area contributed by atoms with Crippen LogP contribution in [0.25, 0.3) is 0 Å². The van der Waals surface area contributed by atoms with Gasteiger partial charge in [-0.1, -0.05) is 49.0 Å². The van der Waals surface area contributed by atoms with Crippen molar-refractivity contribution in [2.24, 2.45) is 0 Å². The number of carbonyl (C=O) groups excluding carboxylic acids is 3. The second-order valence-corrected chi connectivity index (χ2v) is 8.06. The van der Waals surface area contributed by atoms with Crippen molar-refractivity contribution in [1.29, 1.82) is 0 Å². The van der Waals surface area contributed by atoms with Crippen LogP contribution < -0.4 is 5.32 Å². The lowest BCUT2D eigenvalue weighted by Gasteiger charge is -2.40. The highest BCUT2D eigenvalue weighted by molar-refractivity contribution is 5.94. The van der Waals surface area contributed by atoms with Crippen LogP contribution in [0.1, 0.15) is 34.3 Å². The summed E-state index contributed by atoms with van der Waals surface area (Å²) in [6.07, 6.45) is 2.43. The smallest absolute Gasteiger partial charge is 0.253 e. The van der Waals surface area contributed by atoms with Gasteiger partial charge >= 0.3 is 0 Å². The summed E-state index contributed by atoms with van der Waals surface area (Å²) in [7, 11) is 3.43. The minimum Gasteiger partial charge on any atom is -0.351 e. The van der Waals surface area contributed by atoms with Crippen molar-refractivity contribution in [1.82, 2.24) is 15.1 Å². The number of piperidine rings is 1. The van der Waals surface area contributed by atoms with E-state index in [-0.39, 0.29) is 17.7 Å². The third-order valence-electron chi connectivity index (χ3n) is 5.92. The summed E-state index contributed by atoms with van der Waals surface area (Å²) in [5.41, 5.74) is 1.82. The molecule has 162 valence electrons. The molecule has 6 heteroatoms. The van der Waals surface area contributed by atoms with Gasteiger partial charge in [-0.15, -0.1) is 0 Å². The van der Waals surface area contributed by atoms with Gasteiger partial charge in [0.15, 0.2) is 0 Å². The molecule has 1 aliphatic rings. The third-order valence-corrected chi connectivity index (χ3v) is 5.92. The lowest BCUT2D eigenvalue weighted by molar-refractivity contribution is -0.134. The minimum atomic E-state index is -0.681. The largest absolute Gasteiger partial charge is 0.351 e. The van der Waals surface area contributed by atoms with E-state index in [1.807, 2.05) is 42.5 Å². The maximum Gasteiger partial charge on any atom is 0.253 e. The van der Waals surface area contributed by atoms with E-state index >= 15 is 0 Å². The number of nitrogens with zero attached hydrogens (tertiary/aromatic N) is 2. The maximum absolute atomic E-state index is 13.4. The third kappa shape index (κ3) is 4.85. The highest BCUT2D eigenvalue weighted by Gasteiger charge is 2.43. The molecular formula is C25H29N3O3. The molecule has 1 saturated heterocycles. The Labute approximate surface area is 183 Å². The van der Waals surface area contributed by atoms with Crippen LogP contribution in [-0.4, -0.2) is 54.7 Å². The monoisotopic (exact) mass is 419 g/mol.